The van der Waals surface area contributed by atoms with Gasteiger partial charge in [-0.15, -0.1) is 0 Å². The fourth-order valence-corrected chi connectivity index (χ4v) is 1.95. The third-order valence-corrected chi connectivity index (χ3v) is 2.60. The molecule has 0 aliphatic rings. The van der Waals surface area contributed by atoms with E-state index in [-0.39, 0.29) is 6.10 Å². The zero-order chi connectivity index (χ0) is 13.4. The van der Waals surface area contributed by atoms with Crippen molar-refractivity contribution in [2.45, 2.75) is 59.1 Å². The van der Waals surface area contributed by atoms with Crippen LogP contribution in [-0.4, -0.2) is 28.7 Å². The van der Waals surface area contributed by atoms with Gasteiger partial charge in [0.15, 0.2) is 0 Å². The van der Waals surface area contributed by atoms with Crippen molar-refractivity contribution in [3.63, 3.8) is 0 Å². The van der Waals surface area contributed by atoms with E-state index in [4.69, 9.17) is 4.74 Å². The van der Waals surface area contributed by atoms with E-state index in [0.29, 0.717) is 11.9 Å². The highest BCUT2D eigenvalue weighted by Gasteiger charge is 2.09. The van der Waals surface area contributed by atoms with Gasteiger partial charge in [0.1, 0.15) is 0 Å². The molecule has 0 amide bonds. The number of hydrogen-bond donors (Lipinski definition) is 1. The van der Waals surface area contributed by atoms with Crippen LogP contribution in [0.25, 0.3) is 0 Å². The highest BCUT2D eigenvalue weighted by atomic mass is 16.5. The number of nitrogens with zero attached hydrogens (tertiary/aromatic N) is 2. The molecule has 0 radical (unpaired) electrons. The zero-order valence-corrected chi connectivity index (χ0v) is 11.9. The predicted octanol–water partition coefficient (Wildman–Crippen LogP) is 2.58. The van der Waals surface area contributed by atoms with Gasteiger partial charge in [0.2, 0.25) is 5.88 Å². The molecule has 1 N–H and O–H groups in total. The van der Waals surface area contributed by atoms with E-state index in [2.05, 4.69) is 29.1 Å². The Hall–Kier alpha value is -1.16. The number of nitrogens with one attached hydrogen (secondary N) is 1. The first-order valence-corrected chi connectivity index (χ1v) is 6.86. The van der Waals surface area contributed by atoms with Gasteiger partial charge >= 0.3 is 0 Å². The maximum absolute atomic E-state index is 5.56. The van der Waals surface area contributed by atoms with Crippen molar-refractivity contribution in [1.82, 2.24) is 15.3 Å². The molecule has 0 saturated heterocycles. The van der Waals surface area contributed by atoms with Gasteiger partial charge in [0, 0.05) is 18.7 Å². The van der Waals surface area contributed by atoms with Gasteiger partial charge in [-0.25, -0.2) is 4.98 Å². The number of aromatic nitrogens is 2. The second-order valence-corrected chi connectivity index (χ2v) is 4.76. The summed E-state index contributed by atoms with van der Waals surface area (Å²) in [5.74, 6) is 0.620. The molecule has 0 aliphatic carbocycles. The quantitative estimate of drug-likeness (QED) is 0.771. The van der Waals surface area contributed by atoms with E-state index in [1.807, 2.05) is 20.0 Å². The molecule has 1 aromatic rings. The summed E-state index contributed by atoms with van der Waals surface area (Å²) in [7, 11) is 0. The number of rotatable bonds is 8. The smallest absolute Gasteiger partial charge is 0.232 e. The third kappa shape index (κ3) is 5.45. The Kier molecular flexibility index (Phi) is 6.65. The molecule has 1 atom stereocenters. The van der Waals surface area contributed by atoms with E-state index in [9.17, 15) is 0 Å². The standard InChI is InChI=1S/C14H25N3O/c1-5-7-12(16-6-2)8-13-9-15-10-14(17-13)18-11(3)4/h9-12,16H,5-8H2,1-4H3. The molecule has 0 saturated carbocycles. The van der Waals surface area contributed by atoms with E-state index >= 15 is 0 Å². The Balaban J connectivity index is 2.64. The Morgan fingerprint density at radius 1 is 1.28 bits per heavy atom. The molecule has 1 rings (SSSR count). The summed E-state index contributed by atoms with van der Waals surface area (Å²) in [4.78, 5) is 8.69. The van der Waals surface area contributed by atoms with Crippen molar-refractivity contribution in [2.24, 2.45) is 0 Å². The average Bonchev–Trinajstić information content (AvgIpc) is 2.29. The van der Waals surface area contributed by atoms with Crippen molar-refractivity contribution in [1.29, 1.82) is 0 Å². The van der Waals surface area contributed by atoms with E-state index in [1.165, 1.54) is 6.42 Å². The fraction of sp³-hybridized carbons (Fsp3) is 0.714. The first-order valence-electron chi connectivity index (χ1n) is 6.86. The molecule has 0 fully saturated rings. The third-order valence-electron chi connectivity index (χ3n) is 2.60. The summed E-state index contributed by atoms with van der Waals surface area (Å²) in [5, 5.41) is 3.48. The van der Waals surface area contributed by atoms with E-state index in [1.54, 1.807) is 6.20 Å². The molecule has 4 heteroatoms. The zero-order valence-electron chi connectivity index (χ0n) is 11.9. The van der Waals surface area contributed by atoms with Gasteiger partial charge in [0.25, 0.3) is 0 Å². The van der Waals surface area contributed by atoms with Crippen LogP contribution in [0.3, 0.4) is 0 Å². The van der Waals surface area contributed by atoms with Crippen molar-refractivity contribution < 1.29 is 4.74 Å². The topological polar surface area (TPSA) is 47.0 Å². The van der Waals surface area contributed by atoms with Crippen LogP contribution in [-0.2, 0) is 6.42 Å². The summed E-state index contributed by atoms with van der Waals surface area (Å²) in [6.45, 7) is 9.31. The molecule has 4 nitrogen and oxygen atoms in total. The molecule has 1 heterocycles. The van der Waals surface area contributed by atoms with Crippen molar-refractivity contribution >= 4 is 0 Å². The Bertz CT molecular complexity index is 336. The summed E-state index contributed by atoms with van der Waals surface area (Å²) in [6.07, 6.45) is 6.87. The van der Waals surface area contributed by atoms with Crippen molar-refractivity contribution in [3.8, 4) is 5.88 Å². The van der Waals surface area contributed by atoms with Crippen LogP contribution in [0.5, 0.6) is 5.88 Å². The SMILES string of the molecule is CCCC(Cc1cncc(OC(C)C)n1)NCC. The van der Waals surface area contributed by atoms with Crippen molar-refractivity contribution in [3.05, 3.63) is 18.1 Å². The molecule has 102 valence electrons. The second-order valence-electron chi connectivity index (χ2n) is 4.76. The lowest BCUT2D eigenvalue weighted by Crippen LogP contribution is -2.31. The molecule has 0 spiro atoms. The molecule has 0 aliphatic heterocycles. The number of ether oxygens (including phenoxy) is 1. The molecule has 1 unspecified atom stereocenters. The molecule has 0 aromatic carbocycles. The first-order chi connectivity index (χ1) is 8.65. The lowest BCUT2D eigenvalue weighted by Gasteiger charge is -2.17. The lowest BCUT2D eigenvalue weighted by molar-refractivity contribution is 0.230. The van der Waals surface area contributed by atoms with Gasteiger partial charge in [-0.3, -0.25) is 4.98 Å². The Morgan fingerprint density at radius 3 is 2.67 bits per heavy atom. The second kappa shape index (κ2) is 8.03. The van der Waals surface area contributed by atoms with Gasteiger partial charge in [-0.1, -0.05) is 20.3 Å². The van der Waals surface area contributed by atoms with Crippen molar-refractivity contribution in [2.75, 3.05) is 6.54 Å². The largest absolute Gasteiger partial charge is 0.474 e. The maximum Gasteiger partial charge on any atom is 0.232 e. The molecule has 0 bridgehead atoms. The molecule has 18 heavy (non-hydrogen) atoms. The minimum atomic E-state index is 0.134. The van der Waals surface area contributed by atoms with Gasteiger partial charge in [0.05, 0.1) is 18.0 Å². The highest BCUT2D eigenvalue weighted by Crippen LogP contribution is 2.10. The fourth-order valence-electron chi connectivity index (χ4n) is 1.95. The summed E-state index contributed by atoms with van der Waals surface area (Å²) in [5.41, 5.74) is 0.993. The summed E-state index contributed by atoms with van der Waals surface area (Å²) >= 11 is 0. The highest BCUT2D eigenvalue weighted by molar-refractivity contribution is 5.09. The van der Waals surface area contributed by atoms with E-state index in [0.717, 1.165) is 25.1 Å². The predicted molar refractivity (Wildman–Crippen MR) is 73.9 cm³/mol. The number of hydrogen-bond acceptors (Lipinski definition) is 4. The van der Waals surface area contributed by atoms with Crippen LogP contribution < -0.4 is 10.1 Å². The summed E-state index contributed by atoms with van der Waals surface area (Å²) in [6, 6.07) is 0.476. The lowest BCUT2D eigenvalue weighted by atomic mass is 10.1. The van der Waals surface area contributed by atoms with Crippen LogP contribution in [0.1, 0.15) is 46.2 Å². The van der Waals surface area contributed by atoms with Gasteiger partial charge < -0.3 is 10.1 Å². The minimum Gasteiger partial charge on any atom is -0.474 e. The average molecular weight is 251 g/mol. The van der Waals surface area contributed by atoms with Gasteiger partial charge in [-0.2, -0.15) is 0 Å². The molecular weight excluding hydrogens is 226 g/mol. The maximum atomic E-state index is 5.56. The minimum absolute atomic E-state index is 0.134. The van der Waals surface area contributed by atoms with Crippen LogP contribution in [0.2, 0.25) is 0 Å². The van der Waals surface area contributed by atoms with Crippen LogP contribution >= 0.6 is 0 Å². The molecule has 1 aromatic heterocycles. The summed E-state index contributed by atoms with van der Waals surface area (Å²) < 4.78 is 5.56. The normalized spacial score (nSPS) is 12.7. The van der Waals surface area contributed by atoms with Crippen LogP contribution in [0, 0.1) is 0 Å². The Morgan fingerprint density at radius 2 is 2.06 bits per heavy atom. The van der Waals surface area contributed by atoms with Gasteiger partial charge in [-0.05, 0) is 26.8 Å². The van der Waals surface area contributed by atoms with E-state index < -0.39 is 0 Å². The first kappa shape index (κ1) is 14.9. The Labute approximate surface area is 110 Å². The monoisotopic (exact) mass is 251 g/mol. The van der Waals surface area contributed by atoms with Crippen LogP contribution in [0.15, 0.2) is 12.4 Å². The van der Waals surface area contributed by atoms with Crippen LogP contribution in [0.4, 0.5) is 0 Å². The molecular formula is C14H25N3O. The number of likely N-dealkylation sites (N-methyl/N-ethyl adjacent to an activating group) is 1.